The molecule has 0 aliphatic carbocycles. The number of nitrogens with one attached hydrogen (secondary N) is 1. The van der Waals surface area contributed by atoms with Gasteiger partial charge in [0.25, 0.3) is 0 Å². The van der Waals surface area contributed by atoms with E-state index in [1.54, 1.807) is 13.2 Å². The molecule has 0 amide bonds. The minimum absolute atomic E-state index is 0.107. The second-order valence-corrected chi connectivity index (χ2v) is 5.26. The van der Waals surface area contributed by atoms with Crippen molar-refractivity contribution in [2.75, 3.05) is 7.11 Å². The molecule has 0 atom stereocenters. The van der Waals surface area contributed by atoms with E-state index in [1.807, 2.05) is 12.1 Å². The van der Waals surface area contributed by atoms with E-state index in [2.05, 4.69) is 20.9 Å². The average Bonchev–Trinajstić information content (AvgIpc) is 2.95. The zero-order chi connectivity index (χ0) is 15.4. The predicted octanol–water partition coefficient (Wildman–Crippen LogP) is 3.35. The Hall–Kier alpha value is -2.08. The zero-order valence-electron chi connectivity index (χ0n) is 11.6. The minimum Gasteiger partial charge on any atom is -0.496 e. The van der Waals surface area contributed by atoms with Crippen molar-refractivity contribution in [3.63, 3.8) is 0 Å². The van der Waals surface area contributed by atoms with Gasteiger partial charge in [-0.15, -0.1) is 0 Å². The van der Waals surface area contributed by atoms with Crippen LogP contribution in [0.1, 0.15) is 33.3 Å². The quantitative estimate of drug-likeness (QED) is 0.662. The van der Waals surface area contributed by atoms with E-state index in [1.165, 1.54) is 19.2 Å². The van der Waals surface area contributed by atoms with E-state index in [0.29, 0.717) is 11.3 Å². The van der Waals surface area contributed by atoms with Gasteiger partial charge in [0.05, 0.1) is 11.6 Å². The Labute approximate surface area is 130 Å². The maximum Gasteiger partial charge on any atom is 0.355 e. The smallest absolute Gasteiger partial charge is 0.355 e. The molecule has 5 nitrogen and oxygen atoms in total. The van der Waals surface area contributed by atoms with E-state index in [9.17, 15) is 9.59 Å². The third kappa shape index (κ3) is 3.72. The van der Waals surface area contributed by atoms with Crippen LogP contribution in [0, 0.1) is 0 Å². The molecule has 110 valence electrons. The number of aromatic amines is 1. The molecule has 0 unspecified atom stereocenters. The molecule has 0 aliphatic heterocycles. The summed E-state index contributed by atoms with van der Waals surface area (Å²) in [6, 6.07) is 6.90. The zero-order valence-corrected chi connectivity index (χ0v) is 13.2. The molecule has 6 heteroatoms. The van der Waals surface area contributed by atoms with Crippen LogP contribution < -0.4 is 4.74 Å². The second-order valence-electron chi connectivity index (χ2n) is 4.40. The number of rotatable bonds is 5. The van der Waals surface area contributed by atoms with Crippen LogP contribution in [0.2, 0.25) is 0 Å². The molecule has 0 aliphatic rings. The van der Waals surface area contributed by atoms with Crippen LogP contribution in [-0.4, -0.2) is 23.8 Å². The minimum atomic E-state index is -0.505. The Bertz CT molecular complexity index is 678. The highest BCUT2D eigenvalue weighted by molar-refractivity contribution is 9.10. The molecule has 0 bridgehead atoms. The van der Waals surface area contributed by atoms with Crippen LogP contribution in [0.4, 0.5) is 0 Å². The second kappa shape index (κ2) is 6.58. The lowest BCUT2D eigenvalue weighted by molar-refractivity contribution is 0.0466. The number of H-pyrrole nitrogens is 1. The normalized spacial score (nSPS) is 10.2. The summed E-state index contributed by atoms with van der Waals surface area (Å²) < 4.78 is 11.1. The number of Topliss-reactive ketones (excluding diaryl/α,β-unsaturated/α-hetero) is 1. The first-order chi connectivity index (χ1) is 10.0. The molecule has 2 aromatic rings. The van der Waals surface area contributed by atoms with Crippen LogP contribution in [0.5, 0.6) is 5.75 Å². The SMILES string of the molecule is COc1ccc(COC(=O)c2cc(C(C)=O)c[nH]2)cc1Br. The highest BCUT2D eigenvalue weighted by atomic mass is 79.9. The number of hydrogen-bond donors (Lipinski definition) is 1. The lowest BCUT2D eigenvalue weighted by Gasteiger charge is -2.07. The summed E-state index contributed by atoms with van der Waals surface area (Å²) in [4.78, 5) is 25.8. The summed E-state index contributed by atoms with van der Waals surface area (Å²) in [5.41, 5.74) is 1.54. The molecule has 0 fully saturated rings. The van der Waals surface area contributed by atoms with Crippen LogP contribution in [-0.2, 0) is 11.3 Å². The van der Waals surface area contributed by atoms with Gasteiger partial charge in [-0.2, -0.15) is 0 Å². The van der Waals surface area contributed by atoms with E-state index >= 15 is 0 Å². The highest BCUT2D eigenvalue weighted by Crippen LogP contribution is 2.25. The summed E-state index contributed by atoms with van der Waals surface area (Å²) >= 11 is 3.37. The fourth-order valence-electron chi connectivity index (χ4n) is 1.74. The van der Waals surface area contributed by atoms with Gasteiger partial charge < -0.3 is 14.5 Å². The number of halogens is 1. The van der Waals surface area contributed by atoms with Crippen molar-refractivity contribution < 1.29 is 19.1 Å². The van der Waals surface area contributed by atoms with Crippen molar-refractivity contribution in [2.24, 2.45) is 0 Å². The largest absolute Gasteiger partial charge is 0.496 e. The topological polar surface area (TPSA) is 68.4 Å². The number of hydrogen-bond acceptors (Lipinski definition) is 4. The Balaban J connectivity index is 2.00. The molecule has 21 heavy (non-hydrogen) atoms. The number of carbonyl (C=O) groups is 2. The van der Waals surface area contributed by atoms with E-state index in [0.717, 1.165) is 10.0 Å². The third-order valence-corrected chi connectivity index (χ3v) is 3.52. The number of ether oxygens (including phenoxy) is 2. The Morgan fingerprint density at radius 1 is 1.29 bits per heavy atom. The van der Waals surface area contributed by atoms with Crippen LogP contribution in [0.25, 0.3) is 0 Å². The highest BCUT2D eigenvalue weighted by Gasteiger charge is 2.12. The molecule has 1 aromatic heterocycles. The maximum absolute atomic E-state index is 11.9. The predicted molar refractivity (Wildman–Crippen MR) is 80.6 cm³/mol. The summed E-state index contributed by atoms with van der Waals surface area (Å²) in [5.74, 6) is 0.0966. The summed E-state index contributed by atoms with van der Waals surface area (Å²) in [7, 11) is 1.58. The molecule has 1 heterocycles. The van der Waals surface area contributed by atoms with E-state index in [4.69, 9.17) is 9.47 Å². The van der Waals surface area contributed by atoms with Crippen molar-refractivity contribution in [2.45, 2.75) is 13.5 Å². The molecule has 0 saturated carbocycles. The fraction of sp³-hybridized carbons (Fsp3) is 0.200. The summed E-state index contributed by atoms with van der Waals surface area (Å²) in [6.45, 7) is 1.57. The van der Waals surface area contributed by atoms with Crippen LogP contribution in [0.15, 0.2) is 34.9 Å². The van der Waals surface area contributed by atoms with Gasteiger partial charge in [0.15, 0.2) is 5.78 Å². The van der Waals surface area contributed by atoms with Gasteiger partial charge >= 0.3 is 5.97 Å². The van der Waals surface area contributed by atoms with Gasteiger partial charge in [0.1, 0.15) is 18.1 Å². The summed E-state index contributed by atoms with van der Waals surface area (Å²) in [5, 5.41) is 0. The number of ketones is 1. The number of esters is 1. The van der Waals surface area contributed by atoms with Crippen LogP contribution in [0.3, 0.4) is 0 Å². The van der Waals surface area contributed by atoms with Gasteiger partial charge in [-0.1, -0.05) is 6.07 Å². The van der Waals surface area contributed by atoms with Crippen molar-refractivity contribution in [1.29, 1.82) is 0 Å². The van der Waals surface area contributed by atoms with Gasteiger partial charge in [0.2, 0.25) is 0 Å². The lowest BCUT2D eigenvalue weighted by Crippen LogP contribution is -2.05. The third-order valence-electron chi connectivity index (χ3n) is 2.90. The first-order valence-corrected chi connectivity index (χ1v) is 6.99. The summed E-state index contributed by atoms with van der Waals surface area (Å²) in [6.07, 6.45) is 1.49. The first kappa shape index (κ1) is 15.3. The molecule has 0 radical (unpaired) electrons. The van der Waals surface area contributed by atoms with E-state index in [-0.39, 0.29) is 18.1 Å². The van der Waals surface area contributed by atoms with Gasteiger partial charge in [-0.05, 0) is 46.6 Å². The molecular formula is C15H14BrNO4. The number of carbonyl (C=O) groups excluding carboxylic acids is 2. The molecule has 2 rings (SSSR count). The van der Waals surface area contributed by atoms with Gasteiger partial charge in [-0.25, -0.2) is 4.79 Å². The van der Waals surface area contributed by atoms with E-state index < -0.39 is 5.97 Å². The number of methoxy groups -OCH3 is 1. The van der Waals surface area contributed by atoms with Gasteiger partial charge in [0, 0.05) is 11.8 Å². The fourth-order valence-corrected chi connectivity index (χ4v) is 2.33. The lowest BCUT2D eigenvalue weighted by atomic mass is 10.2. The van der Waals surface area contributed by atoms with Crippen molar-refractivity contribution in [3.8, 4) is 5.75 Å². The van der Waals surface area contributed by atoms with Gasteiger partial charge in [-0.3, -0.25) is 4.79 Å². The van der Waals surface area contributed by atoms with Crippen molar-refractivity contribution >= 4 is 27.7 Å². The molecule has 0 spiro atoms. The average molecular weight is 352 g/mol. The van der Waals surface area contributed by atoms with Crippen LogP contribution >= 0.6 is 15.9 Å². The number of aromatic nitrogens is 1. The Morgan fingerprint density at radius 2 is 2.05 bits per heavy atom. The standard InChI is InChI=1S/C15H14BrNO4/c1-9(18)11-6-13(17-7-11)15(19)21-8-10-3-4-14(20-2)12(16)5-10/h3-7,17H,8H2,1-2H3. The number of benzene rings is 1. The van der Waals surface area contributed by atoms with Crippen molar-refractivity contribution in [3.05, 3.63) is 51.8 Å². The molecular weight excluding hydrogens is 338 g/mol. The molecule has 0 saturated heterocycles. The molecule has 1 N–H and O–H groups in total. The van der Waals surface area contributed by atoms with Crippen molar-refractivity contribution in [1.82, 2.24) is 4.98 Å². The Kier molecular flexibility index (Phi) is 4.80. The Morgan fingerprint density at radius 3 is 2.62 bits per heavy atom. The monoisotopic (exact) mass is 351 g/mol. The maximum atomic E-state index is 11.9. The first-order valence-electron chi connectivity index (χ1n) is 6.20. The molecule has 1 aromatic carbocycles.